The highest BCUT2D eigenvalue weighted by molar-refractivity contribution is 5.85. The Morgan fingerprint density at radius 2 is 1.56 bits per heavy atom. The van der Waals surface area contributed by atoms with E-state index in [9.17, 15) is 4.79 Å². The van der Waals surface area contributed by atoms with E-state index in [4.69, 9.17) is 0 Å². The lowest BCUT2D eigenvalue weighted by atomic mass is 9.89. The lowest BCUT2D eigenvalue weighted by molar-refractivity contribution is -0.121. The Kier molecular flexibility index (Phi) is 9.09. The zero-order valence-electron chi connectivity index (χ0n) is 15.7. The molecule has 0 atom stereocenters. The molecule has 0 spiro atoms. The summed E-state index contributed by atoms with van der Waals surface area (Å²) in [5, 5.41) is 6.42. The summed E-state index contributed by atoms with van der Waals surface area (Å²) in [6.07, 6.45) is 5.63. The number of nitrogens with one attached hydrogen (secondary N) is 2. The highest BCUT2D eigenvalue weighted by atomic mass is 35.5. The topological polar surface area (TPSA) is 41.1 Å². The van der Waals surface area contributed by atoms with E-state index in [2.05, 4.69) is 65.2 Å². The van der Waals surface area contributed by atoms with Crippen LogP contribution in [0.4, 0.5) is 0 Å². The van der Waals surface area contributed by atoms with Crippen LogP contribution in [0.5, 0.6) is 0 Å². The Hall–Kier alpha value is -2.10. The van der Waals surface area contributed by atoms with Crippen molar-refractivity contribution in [3.8, 4) is 0 Å². The molecular weight excluding hydrogens is 356 g/mol. The minimum Gasteiger partial charge on any atom is -0.352 e. The molecule has 3 rings (SSSR count). The molecule has 2 aromatic carbocycles. The predicted molar refractivity (Wildman–Crippen MR) is 114 cm³/mol. The van der Waals surface area contributed by atoms with E-state index in [1.807, 2.05) is 12.1 Å². The van der Waals surface area contributed by atoms with Gasteiger partial charge in [-0.15, -0.1) is 12.4 Å². The number of amides is 1. The summed E-state index contributed by atoms with van der Waals surface area (Å²) in [4.78, 5) is 12.5. The molecule has 0 saturated carbocycles. The van der Waals surface area contributed by atoms with Gasteiger partial charge in [0.1, 0.15) is 0 Å². The van der Waals surface area contributed by atoms with Crippen LogP contribution in [-0.4, -0.2) is 25.5 Å². The number of benzene rings is 2. The first-order valence-corrected chi connectivity index (χ1v) is 9.53. The highest BCUT2D eigenvalue weighted by Crippen LogP contribution is 2.18. The number of carbonyl (C=O) groups excluding carboxylic acids is 1. The van der Waals surface area contributed by atoms with E-state index in [1.165, 1.54) is 16.7 Å². The minimum absolute atomic E-state index is 0. The van der Waals surface area contributed by atoms with Crippen LogP contribution in [0.25, 0.3) is 0 Å². The Morgan fingerprint density at radius 3 is 2.07 bits per heavy atom. The SMILES string of the molecule is Cl.O=C(CC(Cc1ccccc1)Cc1ccccc1)NCC1=CCNCC1. The van der Waals surface area contributed by atoms with E-state index < -0.39 is 0 Å². The smallest absolute Gasteiger partial charge is 0.220 e. The Bertz CT molecular complexity index is 674. The van der Waals surface area contributed by atoms with Gasteiger partial charge in [0.15, 0.2) is 0 Å². The lowest BCUT2D eigenvalue weighted by Gasteiger charge is -2.19. The molecule has 0 aromatic heterocycles. The fourth-order valence-corrected chi connectivity index (χ4v) is 3.49. The van der Waals surface area contributed by atoms with E-state index >= 15 is 0 Å². The summed E-state index contributed by atoms with van der Waals surface area (Å²) < 4.78 is 0. The van der Waals surface area contributed by atoms with E-state index in [0.717, 1.165) is 32.4 Å². The molecule has 0 aliphatic carbocycles. The van der Waals surface area contributed by atoms with Gasteiger partial charge in [0, 0.05) is 19.5 Å². The van der Waals surface area contributed by atoms with Gasteiger partial charge in [0.2, 0.25) is 5.91 Å². The van der Waals surface area contributed by atoms with E-state index in [1.54, 1.807) is 0 Å². The molecular formula is C23H29ClN2O. The van der Waals surface area contributed by atoms with Crippen molar-refractivity contribution in [3.63, 3.8) is 0 Å². The third kappa shape index (κ3) is 7.58. The molecule has 4 heteroatoms. The summed E-state index contributed by atoms with van der Waals surface area (Å²) in [5.74, 6) is 0.461. The molecule has 2 N–H and O–H groups in total. The maximum Gasteiger partial charge on any atom is 0.220 e. The normalized spacial score (nSPS) is 13.6. The van der Waals surface area contributed by atoms with Gasteiger partial charge < -0.3 is 10.6 Å². The van der Waals surface area contributed by atoms with Gasteiger partial charge >= 0.3 is 0 Å². The van der Waals surface area contributed by atoms with Crippen LogP contribution in [-0.2, 0) is 17.6 Å². The van der Waals surface area contributed by atoms with Gasteiger partial charge in [0.05, 0.1) is 0 Å². The molecule has 0 bridgehead atoms. The molecule has 2 aromatic rings. The third-order valence-electron chi connectivity index (χ3n) is 4.88. The Morgan fingerprint density at radius 1 is 0.963 bits per heavy atom. The van der Waals surface area contributed by atoms with Crippen molar-refractivity contribution in [3.05, 3.63) is 83.4 Å². The monoisotopic (exact) mass is 384 g/mol. The second-order valence-electron chi connectivity index (χ2n) is 7.04. The number of hydrogen-bond donors (Lipinski definition) is 2. The Labute approximate surface area is 168 Å². The first kappa shape index (κ1) is 21.2. The van der Waals surface area contributed by atoms with Crippen LogP contribution >= 0.6 is 12.4 Å². The summed E-state index contributed by atoms with van der Waals surface area (Å²) in [5.41, 5.74) is 3.92. The molecule has 0 unspecified atom stereocenters. The lowest BCUT2D eigenvalue weighted by Crippen LogP contribution is -2.31. The van der Waals surface area contributed by atoms with Crippen LogP contribution in [0.3, 0.4) is 0 Å². The summed E-state index contributed by atoms with van der Waals surface area (Å²) >= 11 is 0. The molecule has 1 amide bonds. The first-order valence-electron chi connectivity index (χ1n) is 9.53. The van der Waals surface area contributed by atoms with Crippen molar-refractivity contribution in [1.82, 2.24) is 10.6 Å². The average Bonchev–Trinajstić information content (AvgIpc) is 2.69. The second kappa shape index (κ2) is 11.6. The zero-order valence-corrected chi connectivity index (χ0v) is 16.5. The van der Waals surface area contributed by atoms with E-state index in [-0.39, 0.29) is 18.3 Å². The fraction of sp³-hybridized carbons (Fsp3) is 0.348. The molecule has 1 heterocycles. The maximum absolute atomic E-state index is 12.5. The second-order valence-corrected chi connectivity index (χ2v) is 7.04. The van der Waals surface area contributed by atoms with Crippen LogP contribution in [0.1, 0.15) is 24.0 Å². The van der Waals surface area contributed by atoms with Crippen LogP contribution in [0.2, 0.25) is 0 Å². The number of hydrogen-bond acceptors (Lipinski definition) is 2. The van der Waals surface area contributed by atoms with Gasteiger partial charge in [0.25, 0.3) is 0 Å². The van der Waals surface area contributed by atoms with Crippen molar-refractivity contribution in [2.45, 2.75) is 25.7 Å². The molecule has 3 nitrogen and oxygen atoms in total. The van der Waals surface area contributed by atoms with Crippen molar-refractivity contribution < 1.29 is 4.79 Å². The van der Waals surface area contributed by atoms with E-state index in [0.29, 0.717) is 18.9 Å². The molecule has 0 fully saturated rings. The van der Waals surface area contributed by atoms with Crippen molar-refractivity contribution in [2.75, 3.05) is 19.6 Å². The van der Waals surface area contributed by atoms with Gasteiger partial charge in [-0.25, -0.2) is 0 Å². The van der Waals surface area contributed by atoms with Crippen molar-refractivity contribution in [1.29, 1.82) is 0 Å². The van der Waals surface area contributed by atoms with Gasteiger partial charge in [-0.05, 0) is 42.9 Å². The highest BCUT2D eigenvalue weighted by Gasteiger charge is 2.16. The van der Waals surface area contributed by atoms with Crippen molar-refractivity contribution in [2.24, 2.45) is 5.92 Å². The molecule has 27 heavy (non-hydrogen) atoms. The molecule has 144 valence electrons. The summed E-state index contributed by atoms with van der Waals surface area (Å²) in [6.45, 7) is 2.60. The van der Waals surface area contributed by atoms with Crippen LogP contribution in [0, 0.1) is 5.92 Å². The number of carbonyl (C=O) groups is 1. The number of halogens is 1. The van der Waals surface area contributed by atoms with Gasteiger partial charge in [-0.3, -0.25) is 4.79 Å². The van der Waals surface area contributed by atoms with Gasteiger partial charge in [-0.1, -0.05) is 72.3 Å². The summed E-state index contributed by atoms with van der Waals surface area (Å²) in [7, 11) is 0. The third-order valence-corrected chi connectivity index (χ3v) is 4.88. The quantitative estimate of drug-likeness (QED) is 0.677. The standard InChI is InChI=1S/C23H28N2O.ClH/c26-23(25-18-21-11-13-24-14-12-21)17-22(15-19-7-3-1-4-8-19)16-20-9-5-2-6-10-20;/h1-11,22,24H,12-18H2,(H,25,26);1H. The van der Waals surface area contributed by atoms with Gasteiger partial charge in [-0.2, -0.15) is 0 Å². The zero-order chi connectivity index (χ0) is 18.0. The number of rotatable bonds is 8. The van der Waals surface area contributed by atoms with Crippen LogP contribution < -0.4 is 10.6 Å². The average molecular weight is 385 g/mol. The van der Waals surface area contributed by atoms with Crippen molar-refractivity contribution >= 4 is 18.3 Å². The first-order chi connectivity index (χ1) is 12.8. The minimum atomic E-state index is 0. The molecule has 0 radical (unpaired) electrons. The molecule has 1 aliphatic rings. The Balaban J connectivity index is 0.00000261. The largest absolute Gasteiger partial charge is 0.352 e. The fourth-order valence-electron chi connectivity index (χ4n) is 3.49. The predicted octanol–water partition coefficient (Wildman–Crippen LogP) is 3.94. The maximum atomic E-state index is 12.5. The summed E-state index contributed by atoms with van der Waals surface area (Å²) in [6, 6.07) is 20.9. The molecule has 0 saturated heterocycles. The molecule has 1 aliphatic heterocycles. The van der Waals surface area contributed by atoms with Crippen LogP contribution in [0.15, 0.2) is 72.3 Å².